The van der Waals surface area contributed by atoms with Crippen LogP contribution < -0.4 is 5.32 Å². The van der Waals surface area contributed by atoms with Gasteiger partial charge < -0.3 is 9.53 Å². The van der Waals surface area contributed by atoms with Gasteiger partial charge in [0.2, 0.25) is 0 Å². The molecule has 1 heterocycles. The summed E-state index contributed by atoms with van der Waals surface area (Å²) in [5, 5.41) is 2.93. The second kappa shape index (κ2) is 2.64. The molecule has 1 N–H and O–H groups in total. The summed E-state index contributed by atoms with van der Waals surface area (Å²) >= 11 is 0. The molecule has 1 saturated heterocycles. The van der Waals surface area contributed by atoms with E-state index in [9.17, 15) is 4.79 Å². The van der Waals surface area contributed by atoms with Crippen LogP contribution in [0, 0.1) is 0 Å². The maximum Gasteiger partial charge on any atom is 0.144 e. The van der Waals surface area contributed by atoms with Gasteiger partial charge in [-0.2, -0.15) is 0 Å². The lowest BCUT2D eigenvalue weighted by Crippen LogP contribution is -2.40. The zero-order chi connectivity index (χ0) is 6.69. The van der Waals surface area contributed by atoms with Gasteiger partial charge in [0, 0.05) is 6.54 Å². The van der Waals surface area contributed by atoms with Crippen molar-refractivity contribution in [1.29, 1.82) is 0 Å². The fraction of sp³-hybridized carbons (Fsp3) is 0.500. The Balaban J connectivity index is 2.48. The van der Waals surface area contributed by atoms with Crippen molar-refractivity contribution in [2.24, 2.45) is 0 Å². The SMILES string of the molecule is C=C1OCCNC1C=O. The number of hydrogen-bond donors (Lipinski definition) is 1. The van der Waals surface area contributed by atoms with Crippen LogP contribution in [0.15, 0.2) is 12.3 Å². The van der Waals surface area contributed by atoms with Gasteiger partial charge in [0.1, 0.15) is 24.7 Å². The van der Waals surface area contributed by atoms with Gasteiger partial charge in [-0.1, -0.05) is 6.58 Å². The van der Waals surface area contributed by atoms with Crippen molar-refractivity contribution in [3.05, 3.63) is 12.3 Å². The molecule has 1 atom stereocenters. The molecule has 1 aliphatic heterocycles. The van der Waals surface area contributed by atoms with E-state index in [1.54, 1.807) is 0 Å². The standard InChI is InChI=1S/C6H9NO2/c1-5-6(4-8)7-2-3-9-5/h4,6-7H,1-3H2. The minimum Gasteiger partial charge on any atom is -0.495 e. The van der Waals surface area contributed by atoms with Gasteiger partial charge in [-0.3, -0.25) is 5.32 Å². The van der Waals surface area contributed by atoms with E-state index in [2.05, 4.69) is 11.9 Å². The molecule has 0 radical (unpaired) electrons. The van der Waals surface area contributed by atoms with Gasteiger partial charge in [-0.25, -0.2) is 0 Å². The second-order valence-electron chi connectivity index (χ2n) is 1.88. The number of rotatable bonds is 1. The fourth-order valence-electron chi connectivity index (χ4n) is 0.724. The summed E-state index contributed by atoms with van der Waals surface area (Å²) in [6, 6.07) is -0.293. The summed E-state index contributed by atoms with van der Waals surface area (Å²) in [4.78, 5) is 10.2. The molecule has 1 fully saturated rings. The number of ether oxygens (including phenoxy) is 1. The van der Waals surface area contributed by atoms with E-state index in [4.69, 9.17) is 4.74 Å². The maximum atomic E-state index is 10.2. The molecule has 0 aliphatic carbocycles. The second-order valence-corrected chi connectivity index (χ2v) is 1.88. The van der Waals surface area contributed by atoms with Crippen molar-refractivity contribution in [2.75, 3.05) is 13.2 Å². The van der Waals surface area contributed by atoms with Crippen molar-refractivity contribution < 1.29 is 9.53 Å². The Kier molecular flexibility index (Phi) is 1.85. The number of aldehydes is 1. The normalized spacial score (nSPS) is 27.1. The summed E-state index contributed by atoms with van der Waals surface area (Å²) in [6.07, 6.45) is 0.793. The molecule has 50 valence electrons. The average molecular weight is 127 g/mol. The molecule has 0 bridgehead atoms. The zero-order valence-electron chi connectivity index (χ0n) is 5.09. The first kappa shape index (κ1) is 6.29. The van der Waals surface area contributed by atoms with Crippen LogP contribution in [-0.4, -0.2) is 25.5 Å². The Morgan fingerprint density at radius 3 is 3.11 bits per heavy atom. The van der Waals surface area contributed by atoms with E-state index in [0.29, 0.717) is 12.4 Å². The summed E-state index contributed by atoms with van der Waals surface area (Å²) in [6.45, 7) is 4.89. The van der Waals surface area contributed by atoms with Gasteiger partial charge in [0.05, 0.1) is 0 Å². The monoisotopic (exact) mass is 127 g/mol. The lowest BCUT2D eigenvalue weighted by molar-refractivity contribution is -0.110. The van der Waals surface area contributed by atoms with Crippen molar-refractivity contribution in [1.82, 2.24) is 5.32 Å². The highest BCUT2D eigenvalue weighted by molar-refractivity contribution is 5.62. The van der Waals surface area contributed by atoms with Crippen LogP contribution in [0.4, 0.5) is 0 Å². The van der Waals surface area contributed by atoms with Crippen LogP contribution in [0.2, 0.25) is 0 Å². The van der Waals surface area contributed by atoms with Crippen molar-refractivity contribution >= 4 is 6.29 Å². The molecule has 1 aliphatic rings. The summed E-state index contributed by atoms with van der Waals surface area (Å²) in [5.74, 6) is 0.524. The van der Waals surface area contributed by atoms with Crippen molar-refractivity contribution in [2.45, 2.75) is 6.04 Å². The molecular formula is C6H9NO2. The van der Waals surface area contributed by atoms with E-state index in [1.165, 1.54) is 0 Å². The molecule has 0 spiro atoms. The van der Waals surface area contributed by atoms with E-state index < -0.39 is 0 Å². The third-order valence-corrected chi connectivity index (χ3v) is 1.24. The van der Waals surface area contributed by atoms with E-state index in [1.807, 2.05) is 0 Å². The first-order chi connectivity index (χ1) is 4.34. The van der Waals surface area contributed by atoms with E-state index >= 15 is 0 Å². The number of hydrogen-bond acceptors (Lipinski definition) is 3. The summed E-state index contributed by atoms with van der Waals surface area (Å²) < 4.78 is 4.99. The fourth-order valence-corrected chi connectivity index (χ4v) is 0.724. The van der Waals surface area contributed by atoms with Gasteiger partial charge in [-0.15, -0.1) is 0 Å². The first-order valence-corrected chi connectivity index (χ1v) is 2.85. The maximum absolute atomic E-state index is 10.2. The highest BCUT2D eigenvalue weighted by atomic mass is 16.5. The third-order valence-electron chi connectivity index (χ3n) is 1.24. The topological polar surface area (TPSA) is 38.3 Å². The summed E-state index contributed by atoms with van der Waals surface area (Å²) in [5.41, 5.74) is 0. The average Bonchev–Trinajstić information content (AvgIpc) is 1.89. The van der Waals surface area contributed by atoms with Gasteiger partial charge in [-0.05, 0) is 0 Å². The van der Waals surface area contributed by atoms with Crippen LogP contribution in [-0.2, 0) is 9.53 Å². The van der Waals surface area contributed by atoms with Crippen molar-refractivity contribution in [3.63, 3.8) is 0 Å². The lowest BCUT2D eigenvalue weighted by atomic mass is 10.2. The Morgan fingerprint density at radius 2 is 2.67 bits per heavy atom. The van der Waals surface area contributed by atoms with Gasteiger partial charge in [0.25, 0.3) is 0 Å². The highest BCUT2D eigenvalue weighted by Gasteiger charge is 2.15. The van der Waals surface area contributed by atoms with E-state index in [-0.39, 0.29) is 6.04 Å². The smallest absolute Gasteiger partial charge is 0.144 e. The predicted octanol–water partition coefficient (Wildman–Crippen LogP) is -0.313. The Hall–Kier alpha value is -0.830. The molecule has 3 nitrogen and oxygen atoms in total. The molecular weight excluding hydrogens is 118 g/mol. The van der Waals surface area contributed by atoms with Crippen molar-refractivity contribution in [3.8, 4) is 0 Å². The molecule has 9 heavy (non-hydrogen) atoms. The number of carbonyl (C=O) groups excluding carboxylic acids is 1. The van der Waals surface area contributed by atoms with E-state index in [0.717, 1.165) is 12.8 Å². The molecule has 3 heteroatoms. The van der Waals surface area contributed by atoms with Gasteiger partial charge in [0.15, 0.2) is 0 Å². The zero-order valence-corrected chi connectivity index (χ0v) is 5.09. The Labute approximate surface area is 53.7 Å². The molecule has 0 aromatic rings. The van der Waals surface area contributed by atoms with Crippen LogP contribution in [0.1, 0.15) is 0 Å². The Morgan fingerprint density at radius 1 is 1.89 bits per heavy atom. The largest absolute Gasteiger partial charge is 0.495 e. The van der Waals surface area contributed by atoms with Crippen LogP contribution in [0.5, 0.6) is 0 Å². The molecule has 1 unspecified atom stereocenters. The number of morpholine rings is 1. The first-order valence-electron chi connectivity index (χ1n) is 2.85. The number of nitrogens with one attached hydrogen (secondary N) is 1. The third kappa shape index (κ3) is 1.29. The number of carbonyl (C=O) groups is 1. The Bertz CT molecular complexity index is 133. The molecule has 0 aromatic heterocycles. The lowest BCUT2D eigenvalue weighted by Gasteiger charge is -2.21. The minimum atomic E-state index is -0.293. The highest BCUT2D eigenvalue weighted by Crippen LogP contribution is 2.02. The van der Waals surface area contributed by atoms with Gasteiger partial charge >= 0.3 is 0 Å². The van der Waals surface area contributed by atoms with Crippen LogP contribution in [0.3, 0.4) is 0 Å². The quantitative estimate of drug-likeness (QED) is 0.491. The molecule has 0 amide bonds. The summed E-state index contributed by atoms with van der Waals surface area (Å²) in [7, 11) is 0. The molecule has 0 saturated carbocycles. The van der Waals surface area contributed by atoms with Crippen LogP contribution in [0.25, 0.3) is 0 Å². The van der Waals surface area contributed by atoms with Crippen LogP contribution >= 0.6 is 0 Å². The molecule has 0 aromatic carbocycles. The molecule has 1 rings (SSSR count). The minimum absolute atomic E-state index is 0.293. The predicted molar refractivity (Wildman–Crippen MR) is 32.9 cm³/mol.